The summed E-state index contributed by atoms with van der Waals surface area (Å²) in [5.74, 6) is 0. The number of piperidine rings is 1. The summed E-state index contributed by atoms with van der Waals surface area (Å²) in [5.41, 5.74) is 3.67. The van der Waals surface area contributed by atoms with Crippen LogP contribution in [0.4, 0.5) is 0 Å². The van der Waals surface area contributed by atoms with Crippen molar-refractivity contribution < 1.29 is 0 Å². The largest absolute Gasteiger partial charge is 0.310 e. The third kappa shape index (κ3) is 3.85. The first kappa shape index (κ1) is 15.5. The van der Waals surface area contributed by atoms with Crippen molar-refractivity contribution in [3.8, 4) is 10.6 Å². The van der Waals surface area contributed by atoms with E-state index in [4.69, 9.17) is 0 Å². The van der Waals surface area contributed by atoms with Gasteiger partial charge < -0.3 is 5.32 Å². The number of hydrogen-bond acceptors (Lipinski definition) is 4. The standard InChI is InChI=1S/C17H24N4S/c1-13(2)12-21-7-5-15(6-8-21)18-10-14-11-19-20-17(14)16-4-3-9-22-16/h3-4,9,11,15,18H,1,5-8,10,12H2,2H3,(H,19,20). The molecule has 4 nitrogen and oxygen atoms in total. The van der Waals surface area contributed by atoms with Crippen molar-refractivity contribution in [3.05, 3.63) is 41.4 Å². The van der Waals surface area contributed by atoms with Gasteiger partial charge in [0.2, 0.25) is 0 Å². The molecule has 0 spiro atoms. The van der Waals surface area contributed by atoms with Gasteiger partial charge in [-0.3, -0.25) is 10.00 Å². The number of hydrogen-bond donors (Lipinski definition) is 2. The van der Waals surface area contributed by atoms with E-state index in [9.17, 15) is 0 Å². The molecule has 2 N–H and O–H groups in total. The summed E-state index contributed by atoms with van der Waals surface area (Å²) in [4.78, 5) is 3.75. The Hall–Kier alpha value is -1.43. The van der Waals surface area contributed by atoms with Crippen molar-refractivity contribution in [2.45, 2.75) is 32.4 Å². The molecule has 118 valence electrons. The summed E-state index contributed by atoms with van der Waals surface area (Å²) in [6.07, 6.45) is 4.36. The Balaban J connectivity index is 1.50. The number of rotatable bonds is 6. The molecule has 1 aliphatic rings. The first-order valence-electron chi connectivity index (χ1n) is 7.88. The van der Waals surface area contributed by atoms with Crippen molar-refractivity contribution in [1.82, 2.24) is 20.4 Å². The Bertz CT molecular complexity index is 594. The lowest BCUT2D eigenvalue weighted by Crippen LogP contribution is -2.42. The molecule has 0 aromatic carbocycles. The normalized spacial score (nSPS) is 17.0. The lowest BCUT2D eigenvalue weighted by atomic mass is 10.0. The molecular formula is C17H24N4S. The van der Waals surface area contributed by atoms with E-state index >= 15 is 0 Å². The van der Waals surface area contributed by atoms with E-state index in [-0.39, 0.29) is 0 Å². The molecule has 0 saturated carbocycles. The lowest BCUT2D eigenvalue weighted by molar-refractivity contribution is 0.211. The van der Waals surface area contributed by atoms with Crippen molar-refractivity contribution in [2.24, 2.45) is 0 Å². The van der Waals surface area contributed by atoms with E-state index in [2.05, 4.69) is 51.4 Å². The average Bonchev–Trinajstić information content (AvgIpc) is 3.17. The zero-order chi connectivity index (χ0) is 15.4. The number of nitrogens with zero attached hydrogens (tertiary/aromatic N) is 2. The van der Waals surface area contributed by atoms with Crippen LogP contribution in [0, 0.1) is 0 Å². The Morgan fingerprint density at radius 2 is 2.32 bits per heavy atom. The van der Waals surface area contributed by atoms with E-state index in [1.165, 1.54) is 28.9 Å². The van der Waals surface area contributed by atoms with Crippen LogP contribution in [-0.2, 0) is 6.54 Å². The SMILES string of the molecule is C=C(C)CN1CCC(NCc2cn[nH]c2-c2cccs2)CC1. The monoisotopic (exact) mass is 316 g/mol. The maximum absolute atomic E-state index is 4.21. The molecule has 1 aliphatic heterocycles. The predicted octanol–water partition coefficient (Wildman–Crippen LogP) is 3.27. The second-order valence-electron chi connectivity index (χ2n) is 6.14. The van der Waals surface area contributed by atoms with Crippen LogP contribution in [0.15, 0.2) is 35.9 Å². The molecule has 0 amide bonds. The molecule has 3 rings (SSSR count). The highest BCUT2D eigenvalue weighted by atomic mass is 32.1. The first-order chi connectivity index (χ1) is 10.7. The fraction of sp³-hybridized carbons (Fsp3) is 0.471. The van der Waals surface area contributed by atoms with E-state index in [1.807, 2.05) is 6.20 Å². The minimum Gasteiger partial charge on any atom is -0.310 e. The molecule has 0 atom stereocenters. The van der Waals surface area contributed by atoms with E-state index in [1.54, 1.807) is 11.3 Å². The summed E-state index contributed by atoms with van der Waals surface area (Å²) in [5, 5.41) is 13.1. The van der Waals surface area contributed by atoms with Gasteiger partial charge >= 0.3 is 0 Å². The topological polar surface area (TPSA) is 44.0 Å². The zero-order valence-electron chi connectivity index (χ0n) is 13.1. The second kappa shape index (κ2) is 7.22. The third-order valence-electron chi connectivity index (χ3n) is 4.15. The Morgan fingerprint density at radius 3 is 3.00 bits per heavy atom. The Labute approximate surface area is 136 Å². The van der Waals surface area contributed by atoms with Crippen molar-refractivity contribution in [1.29, 1.82) is 0 Å². The number of H-pyrrole nitrogens is 1. The lowest BCUT2D eigenvalue weighted by Gasteiger charge is -2.32. The molecule has 2 aromatic rings. The summed E-state index contributed by atoms with van der Waals surface area (Å²) in [6.45, 7) is 10.4. The van der Waals surface area contributed by atoms with Gasteiger partial charge in [0.05, 0.1) is 16.8 Å². The highest BCUT2D eigenvalue weighted by molar-refractivity contribution is 7.13. The molecule has 3 heterocycles. The quantitative estimate of drug-likeness (QED) is 0.804. The minimum atomic E-state index is 0.604. The van der Waals surface area contributed by atoms with Crippen LogP contribution in [0.2, 0.25) is 0 Å². The highest BCUT2D eigenvalue weighted by Crippen LogP contribution is 2.25. The van der Waals surface area contributed by atoms with Gasteiger partial charge in [-0.1, -0.05) is 18.2 Å². The molecular weight excluding hydrogens is 292 g/mol. The molecule has 0 radical (unpaired) electrons. The third-order valence-corrected chi connectivity index (χ3v) is 5.04. The minimum absolute atomic E-state index is 0.604. The van der Waals surface area contributed by atoms with E-state index in [0.29, 0.717) is 6.04 Å². The Kier molecular flexibility index (Phi) is 5.08. The van der Waals surface area contributed by atoms with Gasteiger partial charge in [-0.05, 0) is 44.3 Å². The second-order valence-corrected chi connectivity index (χ2v) is 7.08. The number of aromatic amines is 1. The molecule has 1 fully saturated rings. The van der Waals surface area contributed by atoms with Gasteiger partial charge in [0.25, 0.3) is 0 Å². The van der Waals surface area contributed by atoms with E-state index < -0.39 is 0 Å². The van der Waals surface area contributed by atoms with Gasteiger partial charge in [0.15, 0.2) is 0 Å². The van der Waals surface area contributed by atoms with E-state index in [0.717, 1.165) is 31.9 Å². The van der Waals surface area contributed by atoms with Crippen LogP contribution in [0.5, 0.6) is 0 Å². The van der Waals surface area contributed by atoms with Gasteiger partial charge in [0.1, 0.15) is 0 Å². The molecule has 0 bridgehead atoms. The van der Waals surface area contributed by atoms with Gasteiger partial charge in [-0.25, -0.2) is 0 Å². The smallest absolute Gasteiger partial charge is 0.0794 e. The van der Waals surface area contributed by atoms with Gasteiger partial charge in [-0.15, -0.1) is 11.3 Å². The predicted molar refractivity (Wildman–Crippen MR) is 93.0 cm³/mol. The summed E-state index contributed by atoms with van der Waals surface area (Å²) < 4.78 is 0. The van der Waals surface area contributed by atoms with Crippen LogP contribution >= 0.6 is 11.3 Å². The summed E-state index contributed by atoms with van der Waals surface area (Å²) in [6, 6.07) is 4.82. The molecule has 22 heavy (non-hydrogen) atoms. The fourth-order valence-corrected chi connectivity index (χ4v) is 3.77. The number of nitrogens with one attached hydrogen (secondary N) is 2. The molecule has 0 unspecified atom stereocenters. The summed E-state index contributed by atoms with van der Waals surface area (Å²) >= 11 is 1.75. The van der Waals surface area contributed by atoms with Gasteiger partial charge in [-0.2, -0.15) is 5.10 Å². The Morgan fingerprint density at radius 1 is 1.50 bits per heavy atom. The van der Waals surface area contributed by atoms with Crippen LogP contribution in [-0.4, -0.2) is 40.8 Å². The van der Waals surface area contributed by atoms with Crippen molar-refractivity contribution in [2.75, 3.05) is 19.6 Å². The molecule has 2 aromatic heterocycles. The number of aromatic nitrogens is 2. The average molecular weight is 316 g/mol. The maximum atomic E-state index is 4.21. The zero-order valence-corrected chi connectivity index (χ0v) is 14.0. The molecule has 5 heteroatoms. The van der Waals surface area contributed by atoms with Crippen LogP contribution in [0.1, 0.15) is 25.3 Å². The van der Waals surface area contributed by atoms with Crippen molar-refractivity contribution >= 4 is 11.3 Å². The number of thiophene rings is 1. The van der Waals surface area contributed by atoms with Crippen LogP contribution < -0.4 is 5.32 Å². The van der Waals surface area contributed by atoms with Crippen LogP contribution in [0.3, 0.4) is 0 Å². The summed E-state index contributed by atoms with van der Waals surface area (Å²) in [7, 11) is 0. The molecule has 0 aliphatic carbocycles. The fourth-order valence-electron chi connectivity index (χ4n) is 3.01. The van der Waals surface area contributed by atoms with Crippen LogP contribution in [0.25, 0.3) is 10.6 Å². The number of likely N-dealkylation sites (tertiary alicyclic amines) is 1. The van der Waals surface area contributed by atoms with Crippen molar-refractivity contribution in [3.63, 3.8) is 0 Å². The molecule has 1 saturated heterocycles. The first-order valence-corrected chi connectivity index (χ1v) is 8.76. The van der Waals surface area contributed by atoms with Gasteiger partial charge in [0, 0.05) is 24.7 Å². The maximum Gasteiger partial charge on any atom is 0.0794 e. The highest BCUT2D eigenvalue weighted by Gasteiger charge is 2.19.